The minimum Gasteiger partial charge on any atom is -0.481 e. The van der Waals surface area contributed by atoms with Gasteiger partial charge in [-0.25, -0.2) is 9.50 Å². The van der Waals surface area contributed by atoms with Crippen LogP contribution < -0.4 is 5.73 Å². The smallest absolute Gasteiger partial charge is 0.304 e. The molecule has 0 saturated carbocycles. The van der Waals surface area contributed by atoms with Crippen LogP contribution in [0.2, 0.25) is 0 Å². The van der Waals surface area contributed by atoms with Crippen molar-refractivity contribution in [1.82, 2.24) is 29.3 Å². The molecular formula is C32H29N7O2. The molecule has 3 aromatic carbocycles. The summed E-state index contributed by atoms with van der Waals surface area (Å²) in [4.78, 5) is 17.6. The highest BCUT2D eigenvalue weighted by Gasteiger charge is 2.21. The summed E-state index contributed by atoms with van der Waals surface area (Å²) in [6.07, 6.45) is 4.60. The fourth-order valence-electron chi connectivity index (χ4n) is 5.80. The third kappa shape index (κ3) is 4.81. The maximum atomic E-state index is 11.1. The van der Waals surface area contributed by atoms with Crippen LogP contribution in [0.4, 0.5) is 5.82 Å². The first kappa shape index (κ1) is 25.0. The third-order valence-electron chi connectivity index (χ3n) is 7.87. The second-order valence-corrected chi connectivity index (χ2v) is 10.6. The molecule has 41 heavy (non-hydrogen) atoms. The van der Waals surface area contributed by atoms with Gasteiger partial charge in [0.05, 0.1) is 24.2 Å². The first-order valence-corrected chi connectivity index (χ1v) is 13.7. The number of benzene rings is 3. The molecule has 3 N–H and O–H groups in total. The Labute approximate surface area is 236 Å². The fourth-order valence-corrected chi connectivity index (χ4v) is 5.80. The number of aromatic nitrogens is 5. The Bertz CT molecular complexity index is 1910. The van der Waals surface area contributed by atoms with Gasteiger partial charge in [0, 0.05) is 42.3 Å². The van der Waals surface area contributed by atoms with Crippen molar-refractivity contribution in [3.05, 3.63) is 102 Å². The van der Waals surface area contributed by atoms with Crippen LogP contribution in [0.15, 0.2) is 85.3 Å². The molecule has 0 saturated heterocycles. The van der Waals surface area contributed by atoms with Crippen molar-refractivity contribution < 1.29 is 9.90 Å². The molecule has 1 aliphatic heterocycles. The highest BCUT2D eigenvalue weighted by atomic mass is 16.4. The Balaban J connectivity index is 1.26. The number of hydrogen-bond donors (Lipinski definition) is 2. The average Bonchev–Trinajstić information content (AvgIpc) is 3.57. The summed E-state index contributed by atoms with van der Waals surface area (Å²) in [7, 11) is 0. The van der Waals surface area contributed by atoms with E-state index in [2.05, 4.69) is 75.8 Å². The van der Waals surface area contributed by atoms with Crippen molar-refractivity contribution in [1.29, 1.82) is 0 Å². The van der Waals surface area contributed by atoms with Crippen molar-refractivity contribution in [2.45, 2.75) is 25.9 Å². The third-order valence-corrected chi connectivity index (χ3v) is 7.87. The second kappa shape index (κ2) is 10.2. The van der Waals surface area contributed by atoms with Crippen molar-refractivity contribution >= 4 is 28.2 Å². The normalized spacial score (nSPS) is 13.6. The molecule has 204 valence electrons. The number of carbonyl (C=O) groups is 1. The van der Waals surface area contributed by atoms with E-state index >= 15 is 0 Å². The number of aliphatic carboxylic acids is 1. The van der Waals surface area contributed by atoms with E-state index in [4.69, 9.17) is 15.9 Å². The summed E-state index contributed by atoms with van der Waals surface area (Å²) >= 11 is 0. The van der Waals surface area contributed by atoms with Gasteiger partial charge >= 0.3 is 5.97 Å². The summed E-state index contributed by atoms with van der Waals surface area (Å²) in [6.45, 7) is 2.85. The standard InChI is InChI=1S/C32H29N7O2/c33-32-31-27(23-7-9-25-19-38(36-28(25)15-23)17-21-4-2-1-3-5-21)16-29(39(31)35-20-34-32)24-8-6-22-10-12-37(13-11-30(40)41)18-26(22)14-24/h1-9,14-16,19-20H,10-13,17-18H2,(H,40,41)(H2,33,34,35). The lowest BCUT2D eigenvalue weighted by atomic mass is 9.96. The predicted molar refractivity (Wildman–Crippen MR) is 158 cm³/mol. The maximum absolute atomic E-state index is 11.1. The van der Waals surface area contributed by atoms with Gasteiger partial charge in [-0.1, -0.05) is 54.6 Å². The number of rotatable bonds is 7. The molecule has 4 heterocycles. The topological polar surface area (TPSA) is 115 Å². The van der Waals surface area contributed by atoms with Crippen LogP contribution in [0.1, 0.15) is 23.1 Å². The summed E-state index contributed by atoms with van der Waals surface area (Å²) in [6, 6.07) is 25.2. The van der Waals surface area contributed by atoms with E-state index in [-0.39, 0.29) is 6.42 Å². The number of anilines is 1. The zero-order chi connectivity index (χ0) is 27.9. The number of carboxylic acid groups (broad SMARTS) is 1. The minimum absolute atomic E-state index is 0.146. The van der Waals surface area contributed by atoms with Crippen LogP contribution in [0.25, 0.3) is 38.8 Å². The van der Waals surface area contributed by atoms with Gasteiger partial charge in [-0.3, -0.25) is 14.4 Å². The lowest BCUT2D eigenvalue weighted by molar-refractivity contribution is -0.137. The molecule has 0 aliphatic carbocycles. The van der Waals surface area contributed by atoms with Crippen molar-refractivity contribution in [2.24, 2.45) is 0 Å². The zero-order valence-corrected chi connectivity index (χ0v) is 22.4. The molecule has 0 radical (unpaired) electrons. The van der Waals surface area contributed by atoms with Crippen LogP contribution in [0.5, 0.6) is 0 Å². The molecule has 9 heteroatoms. The molecule has 1 aliphatic rings. The van der Waals surface area contributed by atoms with Crippen LogP contribution >= 0.6 is 0 Å². The molecule has 7 rings (SSSR count). The van der Waals surface area contributed by atoms with Crippen LogP contribution in [-0.2, 0) is 24.3 Å². The number of fused-ring (bicyclic) bond motifs is 3. The molecule has 0 unspecified atom stereocenters. The van der Waals surface area contributed by atoms with Gasteiger partial charge in [-0.15, -0.1) is 0 Å². The quantitative estimate of drug-likeness (QED) is 0.295. The van der Waals surface area contributed by atoms with Crippen molar-refractivity contribution in [3.63, 3.8) is 0 Å². The minimum atomic E-state index is -0.768. The Kier molecular flexibility index (Phi) is 6.20. The second-order valence-electron chi connectivity index (χ2n) is 10.6. The largest absolute Gasteiger partial charge is 0.481 e. The molecule has 0 spiro atoms. The fraction of sp³-hybridized carbons (Fsp3) is 0.188. The van der Waals surface area contributed by atoms with Gasteiger partial charge in [-0.05, 0) is 46.9 Å². The van der Waals surface area contributed by atoms with Crippen molar-refractivity contribution in [2.75, 3.05) is 18.8 Å². The molecule has 9 nitrogen and oxygen atoms in total. The Morgan fingerprint density at radius 2 is 1.83 bits per heavy atom. The first-order valence-electron chi connectivity index (χ1n) is 13.7. The SMILES string of the molecule is Nc1ncnn2c(-c3ccc4c(c3)CN(CCC(=O)O)CC4)cc(-c3ccc4cn(Cc5ccccc5)nc4c3)c12. The van der Waals surface area contributed by atoms with E-state index < -0.39 is 5.97 Å². The van der Waals surface area contributed by atoms with Crippen LogP contribution in [-0.4, -0.2) is 53.4 Å². The Morgan fingerprint density at radius 3 is 2.68 bits per heavy atom. The Hall–Kier alpha value is -5.02. The number of nitrogens with zero attached hydrogens (tertiary/aromatic N) is 6. The molecule has 6 aromatic rings. The first-order chi connectivity index (χ1) is 20.0. The number of hydrogen-bond acceptors (Lipinski definition) is 6. The lowest BCUT2D eigenvalue weighted by Gasteiger charge is -2.28. The van der Waals surface area contributed by atoms with E-state index in [1.165, 1.54) is 23.0 Å². The van der Waals surface area contributed by atoms with Gasteiger partial charge < -0.3 is 10.8 Å². The predicted octanol–water partition coefficient (Wildman–Crippen LogP) is 4.88. The molecule has 0 amide bonds. The molecule has 3 aromatic heterocycles. The van der Waals surface area contributed by atoms with Gasteiger partial charge in [-0.2, -0.15) is 10.2 Å². The number of nitrogens with two attached hydrogens (primary N) is 1. The number of carboxylic acids is 1. The molecule has 0 bridgehead atoms. The van der Waals surface area contributed by atoms with E-state index in [1.54, 1.807) is 0 Å². The Morgan fingerprint density at radius 1 is 0.976 bits per heavy atom. The highest BCUT2D eigenvalue weighted by Crippen LogP contribution is 2.36. The lowest BCUT2D eigenvalue weighted by Crippen LogP contribution is -2.32. The average molecular weight is 544 g/mol. The maximum Gasteiger partial charge on any atom is 0.304 e. The van der Waals surface area contributed by atoms with Crippen LogP contribution in [0, 0.1) is 0 Å². The van der Waals surface area contributed by atoms with E-state index in [0.29, 0.717) is 18.9 Å². The summed E-state index contributed by atoms with van der Waals surface area (Å²) in [5.41, 5.74) is 15.7. The molecular weight excluding hydrogens is 514 g/mol. The van der Waals surface area contributed by atoms with E-state index in [0.717, 1.165) is 58.3 Å². The van der Waals surface area contributed by atoms with Crippen molar-refractivity contribution in [3.8, 4) is 22.4 Å². The van der Waals surface area contributed by atoms with Gasteiger partial charge in [0.1, 0.15) is 11.8 Å². The van der Waals surface area contributed by atoms with Gasteiger partial charge in [0.2, 0.25) is 0 Å². The number of nitrogen functional groups attached to an aromatic ring is 1. The van der Waals surface area contributed by atoms with Gasteiger partial charge in [0.25, 0.3) is 0 Å². The van der Waals surface area contributed by atoms with E-state index in [9.17, 15) is 4.79 Å². The molecule has 0 atom stereocenters. The zero-order valence-electron chi connectivity index (χ0n) is 22.4. The summed E-state index contributed by atoms with van der Waals surface area (Å²) in [5.74, 6) is -0.357. The van der Waals surface area contributed by atoms with Gasteiger partial charge in [0.15, 0.2) is 5.82 Å². The monoisotopic (exact) mass is 543 g/mol. The summed E-state index contributed by atoms with van der Waals surface area (Å²) < 4.78 is 3.83. The highest BCUT2D eigenvalue weighted by molar-refractivity contribution is 5.95. The van der Waals surface area contributed by atoms with Crippen LogP contribution in [0.3, 0.4) is 0 Å². The molecule has 0 fully saturated rings. The van der Waals surface area contributed by atoms with E-state index in [1.807, 2.05) is 27.4 Å². The summed E-state index contributed by atoms with van der Waals surface area (Å²) in [5, 5.41) is 19.6.